The minimum Gasteiger partial charge on any atom is -0.465 e. The van der Waals surface area contributed by atoms with Gasteiger partial charge in [-0.3, -0.25) is 14.1 Å². The van der Waals surface area contributed by atoms with Gasteiger partial charge in [0.05, 0.1) is 91.9 Å². The van der Waals surface area contributed by atoms with E-state index >= 15 is 0 Å². The van der Waals surface area contributed by atoms with Gasteiger partial charge in [0.25, 0.3) is 10.1 Å². The van der Waals surface area contributed by atoms with Crippen molar-refractivity contribution < 1.29 is 49.4 Å². The fraction of sp³-hybridized carbons (Fsp3) is 0.913. The van der Waals surface area contributed by atoms with Crippen molar-refractivity contribution in [2.45, 2.75) is 38.5 Å². The summed E-state index contributed by atoms with van der Waals surface area (Å²) < 4.78 is 64.7. The van der Waals surface area contributed by atoms with Crippen LogP contribution in [0.3, 0.4) is 0 Å². The van der Waals surface area contributed by atoms with E-state index in [2.05, 4.69) is 0 Å². The second-order valence-corrected chi connectivity index (χ2v) is 17.2. The van der Waals surface area contributed by atoms with Crippen molar-refractivity contribution >= 4 is 53.5 Å². The zero-order valence-electron chi connectivity index (χ0n) is 23.6. The third kappa shape index (κ3) is 25.7. The molecule has 1 N–H and O–H groups in total. The maximum absolute atomic E-state index is 11.9. The molecule has 0 fully saturated rings. The fourth-order valence-electron chi connectivity index (χ4n) is 3.52. The van der Waals surface area contributed by atoms with Crippen LogP contribution in [0.2, 0.25) is 0 Å². The minimum absolute atomic E-state index is 0.185. The van der Waals surface area contributed by atoms with Gasteiger partial charge in [-0.15, -0.1) is 0 Å². The van der Waals surface area contributed by atoms with Crippen LogP contribution in [-0.2, 0) is 39.0 Å². The van der Waals surface area contributed by atoms with E-state index in [1.54, 1.807) is 0 Å². The molecule has 15 heteroatoms. The highest BCUT2D eigenvalue weighted by molar-refractivity contribution is 8.76. The average Bonchev–Trinajstić information content (AvgIpc) is 2.74. The fourth-order valence-corrected chi connectivity index (χ4v) is 6.61. The summed E-state index contributed by atoms with van der Waals surface area (Å²) in [7, 11) is 4.13. The van der Waals surface area contributed by atoms with E-state index < -0.39 is 20.0 Å². The first-order chi connectivity index (χ1) is 17.4. The standard InChI is InChI=1S/C23H47N2O9S4/c1-24(2,14-8-20-37(5,28)29)12-6-16-33-22(26)10-18-35-36-19-11-23(27)34-17-7-13-25(3,4)15-9-21-38(30,31)32/h6-21H2,1-5H3/q+1/p+1. The lowest BCUT2D eigenvalue weighted by Crippen LogP contribution is -2.42. The van der Waals surface area contributed by atoms with Crippen molar-refractivity contribution in [1.82, 2.24) is 0 Å². The Morgan fingerprint density at radius 3 is 1.42 bits per heavy atom. The molecule has 0 aromatic carbocycles. The van der Waals surface area contributed by atoms with Gasteiger partial charge in [-0.05, 0) is 0 Å². The second-order valence-electron chi connectivity index (χ2n) is 10.7. The summed E-state index contributed by atoms with van der Waals surface area (Å²) >= 11 is 0. The number of esters is 2. The number of quaternary nitrogens is 2. The number of hydrogen-bond donors (Lipinski definition) is 1. The van der Waals surface area contributed by atoms with Crippen molar-refractivity contribution in [3.63, 3.8) is 0 Å². The normalized spacial score (nSPS) is 12.9. The first-order valence-electron chi connectivity index (χ1n) is 12.7. The minimum atomic E-state index is -3.94. The lowest BCUT2D eigenvalue weighted by molar-refractivity contribution is -0.890. The highest BCUT2D eigenvalue weighted by atomic mass is 33.1. The lowest BCUT2D eigenvalue weighted by Gasteiger charge is -2.29. The molecule has 0 spiro atoms. The van der Waals surface area contributed by atoms with Gasteiger partial charge in [0.2, 0.25) is 0 Å². The summed E-state index contributed by atoms with van der Waals surface area (Å²) in [4.78, 5) is 23.7. The van der Waals surface area contributed by atoms with Crippen molar-refractivity contribution in [3.8, 4) is 0 Å². The molecule has 0 amide bonds. The number of hydrogen-bond acceptors (Lipinski definition) is 10. The molecule has 0 aliphatic heterocycles. The molecule has 0 aromatic rings. The van der Waals surface area contributed by atoms with Crippen molar-refractivity contribution in [2.24, 2.45) is 0 Å². The molecule has 0 bridgehead atoms. The van der Waals surface area contributed by atoms with Crippen molar-refractivity contribution in [2.75, 3.05) is 96.9 Å². The molecular weight excluding hydrogens is 577 g/mol. The highest BCUT2D eigenvalue weighted by Crippen LogP contribution is 2.23. The van der Waals surface area contributed by atoms with Crippen LogP contribution >= 0.6 is 21.6 Å². The number of carbonyl (C=O) groups is 2. The number of sulfone groups is 1. The van der Waals surface area contributed by atoms with E-state index in [4.69, 9.17) is 14.0 Å². The van der Waals surface area contributed by atoms with Gasteiger partial charge in [-0.2, -0.15) is 8.42 Å². The molecule has 226 valence electrons. The number of ether oxygens (including phenoxy) is 2. The molecule has 0 unspecified atom stereocenters. The summed E-state index contributed by atoms with van der Waals surface area (Å²) in [6.45, 7) is 3.52. The topological polar surface area (TPSA) is 141 Å². The third-order valence-electron chi connectivity index (χ3n) is 5.65. The molecule has 0 heterocycles. The van der Waals surface area contributed by atoms with Crippen LogP contribution in [0.1, 0.15) is 38.5 Å². The first kappa shape index (κ1) is 37.4. The van der Waals surface area contributed by atoms with Gasteiger partial charge in [0.1, 0.15) is 9.84 Å². The molecule has 0 aliphatic rings. The van der Waals surface area contributed by atoms with Crippen LogP contribution in [0.4, 0.5) is 0 Å². The Hall–Kier alpha value is -0.580. The molecule has 0 rings (SSSR count). The van der Waals surface area contributed by atoms with Crippen LogP contribution in [0, 0.1) is 0 Å². The summed E-state index contributed by atoms with van der Waals surface area (Å²) in [6, 6.07) is 0. The Kier molecular flexibility index (Phi) is 18.4. The lowest BCUT2D eigenvalue weighted by atomic mass is 10.3. The molecule has 0 saturated carbocycles. The van der Waals surface area contributed by atoms with Crippen molar-refractivity contribution in [3.05, 3.63) is 0 Å². The molecule has 0 radical (unpaired) electrons. The Balaban J connectivity index is 3.73. The quantitative estimate of drug-likeness (QED) is 0.0586. The van der Waals surface area contributed by atoms with E-state index in [0.29, 0.717) is 72.3 Å². The van der Waals surface area contributed by atoms with Gasteiger partial charge in [0.15, 0.2) is 0 Å². The predicted octanol–water partition coefficient (Wildman–Crippen LogP) is 1.88. The smallest absolute Gasteiger partial charge is 0.306 e. The maximum Gasteiger partial charge on any atom is 0.306 e. The SMILES string of the molecule is C[N+](C)(CCCOC(=O)CCSSCCC(=O)OCCC[N+](C)(C)CCCS(=O)(=O)O)CCCS(C)(=O)=O. The van der Waals surface area contributed by atoms with E-state index in [9.17, 15) is 26.4 Å². The second kappa shape index (κ2) is 18.7. The molecule has 38 heavy (non-hydrogen) atoms. The van der Waals surface area contributed by atoms with Crippen LogP contribution in [0.25, 0.3) is 0 Å². The zero-order valence-corrected chi connectivity index (χ0v) is 26.8. The van der Waals surface area contributed by atoms with Crippen LogP contribution in [0.5, 0.6) is 0 Å². The van der Waals surface area contributed by atoms with E-state index in [-0.39, 0.29) is 29.9 Å². The van der Waals surface area contributed by atoms with Gasteiger partial charge < -0.3 is 18.4 Å². The number of nitrogens with zero attached hydrogens (tertiary/aromatic N) is 2. The Bertz CT molecular complexity index is 834. The predicted molar refractivity (Wildman–Crippen MR) is 154 cm³/mol. The molecular formula is C23H48N2O9S4+2. The summed E-state index contributed by atoms with van der Waals surface area (Å²) in [6.07, 6.45) is 4.18. The Morgan fingerprint density at radius 1 is 0.684 bits per heavy atom. The first-order valence-corrected chi connectivity index (χ1v) is 18.9. The summed E-state index contributed by atoms with van der Waals surface area (Å²) in [5.41, 5.74) is 0. The van der Waals surface area contributed by atoms with E-state index in [0.717, 1.165) is 19.6 Å². The molecule has 0 aliphatic carbocycles. The Morgan fingerprint density at radius 2 is 1.05 bits per heavy atom. The van der Waals surface area contributed by atoms with E-state index in [1.165, 1.54) is 27.8 Å². The maximum atomic E-state index is 11.9. The van der Waals surface area contributed by atoms with E-state index in [1.807, 2.05) is 28.2 Å². The van der Waals surface area contributed by atoms with Gasteiger partial charge in [0, 0.05) is 43.4 Å². The van der Waals surface area contributed by atoms with Gasteiger partial charge in [-0.25, -0.2) is 8.42 Å². The molecule has 0 atom stereocenters. The van der Waals surface area contributed by atoms with Gasteiger partial charge in [-0.1, -0.05) is 21.6 Å². The highest BCUT2D eigenvalue weighted by Gasteiger charge is 2.18. The summed E-state index contributed by atoms with van der Waals surface area (Å²) in [5, 5.41) is 0. The molecule has 0 saturated heterocycles. The van der Waals surface area contributed by atoms with Crippen LogP contribution in [-0.4, -0.2) is 139 Å². The largest absolute Gasteiger partial charge is 0.465 e. The van der Waals surface area contributed by atoms with Crippen LogP contribution < -0.4 is 0 Å². The molecule has 0 aromatic heterocycles. The van der Waals surface area contributed by atoms with Crippen LogP contribution in [0.15, 0.2) is 0 Å². The third-order valence-corrected chi connectivity index (χ3v) is 9.89. The summed E-state index contributed by atoms with van der Waals surface area (Å²) in [5.74, 6) is 0.588. The monoisotopic (exact) mass is 624 g/mol. The van der Waals surface area contributed by atoms with Gasteiger partial charge >= 0.3 is 11.9 Å². The zero-order chi connectivity index (χ0) is 29.3. The van der Waals surface area contributed by atoms with Crippen molar-refractivity contribution in [1.29, 1.82) is 0 Å². The average molecular weight is 625 g/mol. The number of carbonyl (C=O) groups excluding carboxylic acids is 2. The Labute approximate surface area is 237 Å². The number of rotatable bonds is 23. The molecule has 11 nitrogen and oxygen atoms in total.